The molecule has 0 atom stereocenters. The van der Waals surface area contributed by atoms with E-state index in [1.165, 1.54) is 24.3 Å². The largest absolute Gasteiger partial charge is 0.466 e. The van der Waals surface area contributed by atoms with Gasteiger partial charge in [0, 0.05) is 29.8 Å². The number of hydrogen-bond donors (Lipinski definition) is 1. The van der Waals surface area contributed by atoms with Crippen molar-refractivity contribution in [1.29, 1.82) is 0 Å². The van der Waals surface area contributed by atoms with Crippen molar-refractivity contribution in [2.45, 2.75) is 20.4 Å². The summed E-state index contributed by atoms with van der Waals surface area (Å²) in [6.07, 6.45) is 0. The van der Waals surface area contributed by atoms with Crippen molar-refractivity contribution in [1.82, 2.24) is 5.32 Å². The SMILES string of the molecule is Cc1cc(CNC(=O)c2cccc([N+](=O)[O-])c2)c(C)o1. The van der Waals surface area contributed by atoms with E-state index in [2.05, 4.69) is 5.32 Å². The number of aryl methyl sites for hydroxylation is 2. The van der Waals surface area contributed by atoms with Crippen LogP contribution in [0.25, 0.3) is 0 Å². The van der Waals surface area contributed by atoms with Crippen LogP contribution < -0.4 is 5.32 Å². The molecule has 0 radical (unpaired) electrons. The number of non-ortho nitro benzene ring substituents is 1. The summed E-state index contributed by atoms with van der Waals surface area (Å²) in [4.78, 5) is 22.1. The van der Waals surface area contributed by atoms with E-state index in [0.717, 1.165) is 17.1 Å². The first kappa shape index (κ1) is 13.8. The molecule has 6 nitrogen and oxygen atoms in total. The van der Waals surface area contributed by atoms with E-state index in [1.54, 1.807) is 0 Å². The van der Waals surface area contributed by atoms with Crippen molar-refractivity contribution < 1.29 is 14.1 Å². The molecule has 1 N–H and O–H groups in total. The third-order valence-corrected chi connectivity index (χ3v) is 2.90. The molecule has 0 aliphatic heterocycles. The van der Waals surface area contributed by atoms with Crippen molar-refractivity contribution >= 4 is 11.6 Å². The molecule has 0 aliphatic carbocycles. The Labute approximate surface area is 115 Å². The smallest absolute Gasteiger partial charge is 0.270 e. The molecule has 0 bridgehead atoms. The topological polar surface area (TPSA) is 85.4 Å². The van der Waals surface area contributed by atoms with Crippen LogP contribution in [0.4, 0.5) is 5.69 Å². The maximum atomic E-state index is 11.9. The van der Waals surface area contributed by atoms with E-state index in [9.17, 15) is 14.9 Å². The van der Waals surface area contributed by atoms with Crippen LogP contribution in [0.2, 0.25) is 0 Å². The van der Waals surface area contributed by atoms with Crippen LogP contribution in [0.15, 0.2) is 34.7 Å². The van der Waals surface area contributed by atoms with E-state index in [-0.39, 0.29) is 17.2 Å². The average molecular weight is 274 g/mol. The van der Waals surface area contributed by atoms with Crippen molar-refractivity contribution in [3.63, 3.8) is 0 Å². The lowest BCUT2D eigenvalue weighted by Crippen LogP contribution is -2.22. The standard InChI is InChI=1S/C14H14N2O4/c1-9-6-12(10(2)20-9)8-15-14(17)11-4-3-5-13(7-11)16(18)19/h3-7H,8H2,1-2H3,(H,15,17). The summed E-state index contributed by atoms with van der Waals surface area (Å²) in [6.45, 7) is 3.98. The monoisotopic (exact) mass is 274 g/mol. The Balaban J connectivity index is 2.07. The minimum absolute atomic E-state index is 0.104. The number of hydrogen-bond acceptors (Lipinski definition) is 4. The fourth-order valence-corrected chi connectivity index (χ4v) is 1.90. The van der Waals surface area contributed by atoms with Gasteiger partial charge in [0.1, 0.15) is 11.5 Å². The van der Waals surface area contributed by atoms with Gasteiger partial charge in [-0.25, -0.2) is 0 Å². The Kier molecular flexibility index (Phi) is 3.84. The van der Waals surface area contributed by atoms with Crippen molar-refractivity contribution in [3.8, 4) is 0 Å². The molecule has 0 saturated carbocycles. The molecular formula is C14H14N2O4. The Morgan fingerprint density at radius 2 is 2.10 bits per heavy atom. The fraction of sp³-hybridized carbons (Fsp3) is 0.214. The summed E-state index contributed by atoms with van der Waals surface area (Å²) in [5, 5.41) is 13.4. The maximum absolute atomic E-state index is 11.9. The van der Waals surface area contributed by atoms with Gasteiger partial charge in [-0.2, -0.15) is 0 Å². The van der Waals surface area contributed by atoms with Crippen LogP contribution in [0, 0.1) is 24.0 Å². The molecular weight excluding hydrogens is 260 g/mol. The number of carbonyl (C=O) groups is 1. The molecule has 2 aromatic rings. The molecule has 20 heavy (non-hydrogen) atoms. The lowest BCUT2D eigenvalue weighted by atomic mass is 10.2. The van der Waals surface area contributed by atoms with Crippen molar-refractivity contribution in [2.24, 2.45) is 0 Å². The summed E-state index contributed by atoms with van der Waals surface area (Å²) < 4.78 is 5.36. The number of nitrogens with zero attached hydrogens (tertiary/aromatic N) is 1. The van der Waals surface area contributed by atoms with E-state index in [1.807, 2.05) is 19.9 Å². The molecule has 2 rings (SSSR count). The van der Waals surface area contributed by atoms with Gasteiger partial charge < -0.3 is 9.73 Å². The molecule has 6 heteroatoms. The highest BCUT2D eigenvalue weighted by Gasteiger charge is 2.12. The number of benzene rings is 1. The van der Waals surface area contributed by atoms with Crippen LogP contribution in [0.5, 0.6) is 0 Å². The molecule has 1 heterocycles. The summed E-state index contributed by atoms with van der Waals surface area (Å²) in [7, 11) is 0. The number of furan rings is 1. The summed E-state index contributed by atoms with van der Waals surface area (Å²) in [6, 6.07) is 7.47. The molecule has 0 spiro atoms. The van der Waals surface area contributed by atoms with Crippen molar-refractivity contribution in [2.75, 3.05) is 0 Å². The summed E-state index contributed by atoms with van der Waals surface area (Å²) >= 11 is 0. The van der Waals surface area contributed by atoms with Gasteiger partial charge in [-0.3, -0.25) is 14.9 Å². The van der Waals surface area contributed by atoms with Gasteiger partial charge in [-0.05, 0) is 26.0 Å². The molecule has 0 fully saturated rings. The zero-order valence-corrected chi connectivity index (χ0v) is 11.2. The Bertz CT molecular complexity index is 661. The second kappa shape index (κ2) is 5.56. The van der Waals surface area contributed by atoms with Crippen LogP contribution in [0.3, 0.4) is 0 Å². The van der Waals surface area contributed by atoms with Gasteiger partial charge in [0.15, 0.2) is 0 Å². The van der Waals surface area contributed by atoms with Gasteiger partial charge in [0.05, 0.1) is 4.92 Å². The third-order valence-electron chi connectivity index (χ3n) is 2.90. The molecule has 1 aromatic carbocycles. The zero-order chi connectivity index (χ0) is 14.7. The minimum Gasteiger partial charge on any atom is -0.466 e. The molecule has 1 amide bonds. The molecule has 0 aliphatic rings. The predicted octanol–water partition coefficient (Wildman–Crippen LogP) is 2.73. The lowest BCUT2D eigenvalue weighted by Gasteiger charge is -2.04. The number of carbonyl (C=O) groups excluding carboxylic acids is 1. The molecule has 1 aromatic heterocycles. The normalized spacial score (nSPS) is 10.3. The van der Waals surface area contributed by atoms with Crippen molar-refractivity contribution in [3.05, 3.63) is 63.1 Å². The first-order valence-electron chi connectivity index (χ1n) is 6.06. The van der Waals surface area contributed by atoms with E-state index in [4.69, 9.17) is 4.42 Å². The quantitative estimate of drug-likeness (QED) is 0.686. The maximum Gasteiger partial charge on any atom is 0.270 e. The average Bonchev–Trinajstić information content (AvgIpc) is 2.74. The summed E-state index contributed by atoms with van der Waals surface area (Å²) in [5.74, 6) is 1.18. The highest BCUT2D eigenvalue weighted by Crippen LogP contribution is 2.15. The van der Waals surface area contributed by atoms with Gasteiger partial charge in [-0.15, -0.1) is 0 Å². The molecule has 0 unspecified atom stereocenters. The second-order valence-electron chi connectivity index (χ2n) is 4.43. The number of nitro groups is 1. The summed E-state index contributed by atoms with van der Waals surface area (Å²) in [5.41, 5.74) is 1.05. The van der Waals surface area contributed by atoms with Gasteiger partial charge in [0.2, 0.25) is 0 Å². The van der Waals surface area contributed by atoms with Gasteiger partial charge in [0.25, 0.3) is 11.6 Å². The predicted molar refractivity (Wildman–Crippen MR) is 72.4 cm³/mol. The Morgan fingerprint density at radius 1 is 1.35 bits per heavy atom. The number of nitro benzene ring substituents is 1. The number of nitrogens with one attached hydrogen (secondary N) is 1. The van der Waals surface area contributed by atoms with E-state index < -0.39 is 4.92 Å². The number of amides is 1. The Morgan fingerprint density at radius 3 is 2.70 bits per heavy atom. The van der Waals surface area contributed by atoms with Crippen LogP contribution in [-0.4, -0.2) is 10.8 Å². The first-order chi connectivity index (χ1) is 9.47. The van der Waals surface area contributed by atoms with E-state index >= 15 is 0 Å². The fourth-order valence-electron chi connectivity index (χ4n) is 1.90. The first-order valence-corrected chi connectivity index (χ1v) is 6.06. The Hall–Kier alpha value is -2.63. The van der Waals surface area contributed by atoms with Crippen LogP contribution in [-0.2, 0) is 6.54 Å². The van der Waals surface area contributed by atoms with E-state index in [0.29, 0.717) is 6.54 Å². The second-order valence-corrected chi connectivity index (χ2v) is 4.43. The minimum atomic E-state index is -0.527. The molecule has 0 saturated heterocycles. The lowest BCUT2D eigenvalue weighted by molar-refractivity contribution is -0.384. The third kappa shape index (κ3) is 3.03. The zero-order valence-electron chi connectivity index (χ0n) is 11.2. The highest BCUT2D eigenvalue weighted by atomic mass is 16.6. The molecule has 104 valence electrons. The van der Waals surface area contributed by atoms with Gasteiger partial charge in [-0.1, -0.05) is 6.07 Å². The van der Waals surface area contributed by atoms with Gasteiger partial charge >= 0.3 is 0 Å². The number of rotatable bonds is 4. The highest BCUT2D eigenvalue weighted by molar-refractivity contribution is 5.94. The van der Waals surface area contributed by atoms with Crippen LogP contribution in [0.1, 0.15) is 27.4 Å². The van der Waals surface area contributed by atoms with Crippen LogP contribution >= 0.6 is 0 Å².